The number of hydrogen-bond acceptors (Lipinski definition) is 8. The van der Waals surface area contributed by atoms with Crippen LogP contribution >= 0.6 is 0 Å². The number of carbonyl (C=O) groups is 1. The normalized spacial score (nSPS) is 11.2. The monoisotopic (exact) mass is 517 g/mol. The van der Waals surface area contributed by atoms with E-state index in [1.807, 2.05) is 61.5 Å². The summed E-state index contributed by atoms with van der Waals surface area (Å²) in [6.07, 6.45) is 2.66. The predicted molar refractivity (Wildman–Crippen MR) is 149 cm³/mol. The maximum Gasteiger partial charge on any atom is 0.252 e. The molecule has 0 bridgehead atoms. The quantitative estimate of drug-likeness (QED) is 0.171. The van der Waals surface area contributed by atoms with Crippen molar-refractivity contribution >= 4 is 23.5 Å². The number of nitrogens with zero attached hydrogens (tertiary/aromatic N) is 1. The summed E-state index contributed by atoms with van der Waals surface area (Å²) in [7, 11) is 0. The summed E-state index contributed by atoms with van der Waals surface area (Å²) in [5.41, 5.74) is 14.6. The van der Waals surface area contributed by atoms with Crippen molar-refractivity contribution in [2.24, 2.45) is 16.5 Å². The summed E-state index contributed by atoms with van der Waals surface area (Å²) >= 11 is 0. The Morgan fingerprint density at radius 2 is 1.27 bits per heavy atom. The van der Waals surface area contributed by atoms with Crippen molar-refractivity contribution in [2.45, 2.75) is 27.2 Å². The molecule has 0 atom stereocenters. The fraction of sp³-hybridized carbons (Fsp3) is 0.429. The van der Waals surface area contributed by atoms with Crippen LogP contribution in [0.15, 0.2) is 65.2 Å². The molecule has 9 heteroatoms. The molecule has 0 aliphatic carbocycles. The van der Waals surface area contributed by atoms with Gasteiger partial charge in [-0.05, 0) is 24.6 Å². The highest BCUT2D eigenvalue weighted by Crippen LogP contribution is 2.15. The third-order valence-corrected chi connectivity index (χ3v) is 4.23. The second kappa shape index (κ2) is 23.3. The number of aliphatic imine (C=N–C) groups is 1. The minimum absolute atomic E-state index is 0.0413. The lowest BCUT2D eigenvalue weighted by molar-refractivity contribution is -0.114. The van der Waals surface area contributed by atoms with E-state index >= 15 is 0 Å². The van der Waals surface area contributed by atoms with Crippen molar-refractivity contribution in [3.05, 3.63) is 71.3 Å². The van der Waals surface area contributed by atoms with Gasteiger partial charge in [-0.1, -0.05) is 68.3 Å². The van der Waals surface area contributed by atoms with E-state index in [0.717, 1.165) is 16.8 Å². The molecule has 206 valence electrons. The van der Waals surface area contributed by atoms with E-state index in [1.165, 1.54) is 12.6 Å². The number of hydrogen-bond donors (Lipinski definition) is 4. The van der Waals surface area contributed by atoms with Crippen LogP contribution in [-0.2, 0) is 19.0 Å². The second-order valence-corrected chi connectivity index (χ2v) is 7.64. The molecule has 0 aliphatic heterocycles. The summed E-state index contributed by atoms with van der Waals surface area (Å²) in [4.78, 5) is 15.8. The number of aliphatic hydroxyl groups excluding tert-OH is 2. The van der Waals surface area contributed by atoms with Gasteiger partial charge in [0.15, 0.2) is 0 Å². The first-order valence-corrected chi connectivity index (χ1v) is 12.3. The number of ether oxygens (including phenoxy) is 3. The van der Waals surface area contributed by atoms with Crippen molar-refractivity contribution < 1.29 is 29.2 Å². The number of amides is 1. The van der Waals surface area contributed by atoms with Gasteiger partial charge in [-0.25, -0.2) is 0 Å². The van der Waals surface area contributed by atoms with Crippen LogP contribution in [-0.4, -0.2) is 75.2 Å². The smallest absolute Gasteiger partial charge is 0.252 e. The summed E-state index contributed by atoms with van der Waals surface area (Å²) in [5, 5.41) is 16.7. The van der Waals surface area contributed by atoms with Crippen LogP contribution in [0.3, 0.4) is 0 Å². The lowest BCUT2D eigenvalue weighted by Crippen LogP contribution is -2.19. The molecule has 0 fully saturated rings. The van der Waals surface area contributed by atoms with E-state index in [4.69, 9.17) is 35.9 Å². The molecule has 2 rings (SSSR count). The average Bonchev–Trinajstić information content (AvgIpc) is 2.89. The van der Waals surface area contributed by atoms with E-state index in [1.54, 1.807) is 0 Å². The maximum absolute atomic E-state index is 11.6. The summed E-state index contributed by atoms with van der Waals surface area (Å²) < 4.78 is 15.0. The van der Waals surface area contributed by atoms with Gasteiger partial charge in [0.25, 0.3) is 5.91 Å². The Labute approximate surface area is 220 Å². The molecule has 6 N–H and O–H groups in total. The molecule has 0 heterocycles. The summed E-state index contributed by atoms with van der Waals surface area (Å²) in [6.45, 7) is 9.00. The topological polar surface area (TPSA) is 150 Å². The van der Waals surface area contributed by atoms with Crippen molar-refractivity contribution in [1.29, 1.82) is 0 Å². The van der Waals surface area contributed by atoms with E-state index in [0.29, 0.717) is 45.3 Å². The number of aryl methyl sites for hydroxylation is 1. The molecule has 0 radical (unpaired) electrons. The van der Waals surface area contributed by atoms with Crippen LogP contribution in [0.2, 0.25) is 0 Å². The van der Waals surface area contributed by atoms with Gasteiger partial charge in [-0.15, -0.1) is 0 Å². The highest BCUT2D eigenvalue weighted by Gasteiger charge is 2.09. The molecule has 0 saturated heterocycles. The number of benzene rings is 2. The fourth-order valence-corrected chi connectivity index (χ4v) is 2.48. The molecule has 0 aliphatic rings. The second-order valence-electron chi connectivity index (χ2n) is 7.64. The van der Waals surface area contributed by atoms with Gasteiger partial charge in [0, 0.05) is 6.21 Å². The van der Waals surface area contributed by atoms with E-state index in [-0.39, 0.29) is 18.8 Å². The van der Waals surface area contributed by atoms with Gasteiger partial charge in [-0.3, -0.25) is 9.79 Å². The molecule has 0 unspecified atom stereocenters. The predicted octanol–water partition coefficient (Wildman–Crippen LogP) is 2.99. The first kappa shape index (κ1) is 33.9. The number of carbonyl (C=O) groups excluding carboxylic acids is 1. The Morgan fingerprint density at radius 1 is 0.811 bits per heavy atom. The van der Waals surface area contributed by atoms with Crippen LogP contribution in [0.25, 0.3) is 5.70 Å². The molecule has 1 amide bonds. The van der Waals surface area contributed by atoms with Crippen molar-refractivity contribution in [3.63, 3.8) is 0 Å². The average molecular weight is 518 g/mol. The Balaban J connectivity index is 0.000000696. The largest absolute Gasteiger partial charge is 0.398 e. The van der Waals surface area contributed by atoms with Crippen molar-refractivity contribution in [3.8, 4) is 0 Å². The zero-order valence-electron chi connectivity index (χ0n) is 22.3. The Morgan fingerprint density at radius 3 is 1.70 bits per heavy atom. The van der Waals surface area contributed by atoms with Gasteiger partial charge in [0.2, 0.25) is 0 Å². The number of nitrogens with two attached hydrogens (primary N) is 2. The SMILES string of the molecule is CCC.Cc1ccc(/C(N)=C(/C=Nc2ccccc2)C(N)=O)cc1.OCCOCCOCCOCCO. The first-order chi connectivity index (χ1) is 17.9. The highest BCUT2D eigenvalue weighted by atomic mass is 16.5. The van der Waals surface area contributed by atoms with Crippen molar-refractivity contribution in [2.75, 3.05) is 52.9 Å². The maximum atomic E-state index is 11.6. The van der Waals surface area contributed by atoms with Gasteiger partial charge in [0.05, 0.1) is 69.8 Å². The fourth-order valence-electron chi connectivity index (χ4n) is 2.48. The van der Waals surface area contributed by atoms with Crippen LogP contribution in [0.5, 0.6) is 0 Å². The van der Waals surface area contributed by atoms with E-state index in [2.05, 4.69) is 18.8 Å². The lowest BCUT2D eigenvalue weighted by atomic mass is 10.1. The van der Waals surface area contributed by atoms with Crippen LogP contribution < -0.4 is 11.5 Å². The van der Waals surface area contributed by atoms with E-state index < -0.39 is 5.91 Å². The number of rotatable bonds is 14. The van der Waals surface area contributed by atoms with Gasteiger partial charge in [-0.2, -0.15) is 0 Å². The minimum atomic E-state index is -0.604. The first-order valence-electron chi connectivity index (χ1n) is 12.3. The van der Waals surface area contributed by atoms with Gasteiger partial charge >= 0.3 is 0 Å². The minimum Gasteiger partial charge on any atom is -0.398 e. The lowest BCUT2D eigenvalue weighted by Gasteiger charge is -2.06. The molecule has 2 aromatic carbocycles. The van der Waals surface area contributed by atoms with Gasteiger partial charge < -0.3 is 35.9 Å². The summed E-state index contributed by atoms with van der Waals surface area (Å²) in [5.74, 6) is -0.604. The Hall–Kier alpha value is -3.08. The highest BCUT2D eigenvalue weighted by molar-refractivity contribution is 6.17. The van der Waals surface area contributed by atoms with Crippen LogP contribution in [0.1, 0.15) is 31.4 Å². The van der Waals surface area contributed by atoms with Crippen molar-refractivity contribution in [1.82, 2.24) is 0 Å². The zero-order chi connectivity index (χ0) is 27.7. The van der Waals surface area contributed by atoms with Gasteiger partial charge in [0.1, 0.15) is 0 Å². The molecule has 0 saturated carbocycles. The molecule has 0 spiro atoms. The van der Waals surface area contributed by atoms with E-state index in [9.17, 15) is 4.79 Å². The third kappa shape index (κ3) is 17.9. The molecule has 9 nitrogen and oxygen atoms in total. The third-order valence-electron chi connectivity index (χ3n) is 4.23. The number of para-hydroxylation sites is 1. The molecular weight excluding hydrogens is 474 g/mol. The Bertz CT molecular complexity index is 877. The number of aliphatic hydroxyl groups is 2. The zero-order valence-corrected chi connectivity index (χ0v) is 22.3. The molecular formula is C28H43N3O6. The van der Waals surface area contributed by atoms with Crippen LogP contribution in [0.4, 0.5) is 5.69 Å². The summed E-state index contributed by atoms with van der Waals surface area (Å²) in [6, 6.07) is 16.8. The van der Waals surface area contributed by atoms with Crippen LogP contribution in [0, 0.1) is 6.92 Å². The molecule has 2 aromatic rings. The Kier molecular flexibility index (Phi) is 21.4. The molecule has 37 heavy (non-hydrogen) atoms. The number of primary amides is 1. The standard InChI is InChI=1S/C17H17N3O.C8H18O5.C3H8/c1-12-7-9-13(10-8-12)16(18)15(17(19)21)11-20-14-5-3-2-4-6-14;9-1-3-11-5-7-13-8-6-12-4-2-10;1-3-2/h2-11H,18H2,1H3,(H2,19,21);9-10H,1-8H2;3H2,1-2H3/b16-15+,20-11?;;. The molecule has 0 aromatic heterocycles.